The summed E-state index contributed by atoms with van der Waals surface area (Å²) in [5, 5.41) is 13.0. The van der Waals surface area contributed by atoms with E-state index in [4.69, 9.17) is 4.74 Å². The summed E-state index contributed by atoms with van der Waals surface area (Å²) in [7, 11) is 0. The van der Waals surface area contributed by atoms with Crippen molar-refractivity contribution in [1.82, 2.24) is 9.55 Å². The van der Waals surface area contributed by atoms with Gasteiger partial charge in [0, 0.05) is 10.9 Å². The van der Waals surface area contributed by atoms with E-state index in [0.29, 0.717) is 10.2 Å². The van der Waals surface area contributed by atoms with Crippen LogP contribution in [0.3, 0.4) is 0 Å². The summed E-state index contributed by atoms with van der Waals surface area (Å²) in [6.45, 7) is 4.22. The van der Waals surface area contributed by atoms with Crippen molar-refractivity contribution in [3.63, 3.8) is 0 Å². The fourth-order valence-electron chi connectivity index (χ4n) is 3.35. The molecule has 0 saturated heterocycles. The van der Waals surface area contributed by atoms with Gasteiger partial charge in [0.15, 0.2) is 0 Å². The Morgan fingerprint density at radius 1 is 1.17 bits per heavy atom. The molecule has 0 radical (unpaired) electrons. The Morgan fingerprint density at radius 2 is 1.97 bits per heavy atom. The van der Waals surface area contributed by atoms with Gasteiger partial charge >= 0.3 is 0 Å². The van der Waals surface area contributed by atoms with Gasteiger partial charge in [-0.3, -0.25) is 9.36 Å². The minimum Gasteiger partial charge on any atom is -0.491 e. The number of hydrogen-bond donors (Lipinski definition) is 1. The van der Waals surface area contributed by atoms with Crippen LogP contribution in [-0.2, 0) is 6.54 Å². The lowest BCUT2D eigenvalue weighted by Gasteiger charge is -2.15. The molecule has 4 aromatic rings. The second-order valence-electron chi connectivity index (χ2n) is 7.13. The maximum Gasteiger partial charge on any atom is 0.262 e. The molecule has 0 aliphatic heterocycles. The monoisotopic (exact) mass is 406 g/mol. The standard InChI is InChI=1S/C23H22N2O3S/c1-15-8-9-20(16(2)10-15)28-12-18(26)11-25-14-24-22-21(23(25)27)19(13-29-22)17-6-4-3-5-7-17/h3-10,13-14,18,26H,11-12H2,1-2H3/t18-/m0/s1. The largest absolute Gasteiger partial charge is 0.491 e. The Bertz CT molecular complexity index is 1200. The van der Waals surface area contributed by atoms with Crippen molar-refractivity contribution >= 4 is 21.6 Å². The van der Waals surface area contributed by atoms with Crippen LogP contribution in [0, 0.1) is 13.8 Å². The smallest absolute Gasteiger partial charge is 0.262 e. The summed E-state index contributed by atoms with van der Waals surface area (Å²) in [6, 6.07) is 15.7. The zero-order valence-electron chi connectivity index (χ0n) is 16.3. The fourth-order valence-corrected chi connectivity index (χ4v) is 4.26. The Labute approximate surface area is 172 Å². The van der Waals surface area contributed by atoms with E-state index in [9.17, 15) is 9.90 Å². The predicted octanol–water partition coefficient (Wildman–Crippen LogP) is 4.18. The summed E-state index contributed by atoms with van der Waals surface area (Å²) in [5.41, 5.74) is 3.88. The maximum atomic E-state index is 13.1. The van der Waals surface area contributed by atoms with Gasteiger partial charge in [0.25, 0.3) is 5.56 Å². The van der Waals surface area contributed by atoms with E-state index in [-0.39, 0.29) is 18.7 Å². The first-order valence-corrected chi connectivity index (χ1v) is 10.3. The number of fused-ring (bicyclic) bond motifs is 1. The van der Waals surface area contributed by atoms with Crippen molar-refractivity contribution in [2.75, 3.05) is 6.61 Å². The highest BCUT2D eigenvalue weighted by Gasteiger charge is 2.15. The molecule has 29 heavy (non-hydrogen) atoms. The number of hydrogen-bond acceptors (Lipinski definition) is 5. The minimum atomic E-state index is -0.827. The lowest BCUT2D eigenvalue weighted by molar-refractivity contribution is 0.0911. The number of rotatable bonds is 6. The molecule has 0 unspecified atom stereocenters. The van der Waals surface area contributed by atoms with E-state index < -0.39 is 6.10 Å². The molecule has 0 aliphatic carbocycles. The molecule has 0 aliphatic rings. The lowest BCUT2D eigenvalue weighted by Crippen LogP contribution is -2.30. The van der Waals surface area contributed by atoms with Crippen LogP contribution in [0.1, 0.15) is 11.1 Å². The molecule has 1 N–H and O–H groups in total. The van der Waals surface area contributed by atoms with Crippen molar-refractivity contribution in [2.45, 2.75) is 26.5 Å². The number of aryl methyl sites for hydroxylation is 2. The Balaban J connectivity index is 1.55. The molecule has 5 nitrogen and oxygen atoms in total. The molecule has 0 amide bonds. The van der Waals surface area contributed by atoms with E-state index >= 15 is 0 Å². The average molecular weight is 407 g/mol. The molecule has 0 bridgehead atoms. The summed E-state index contributed by atoms with van der Waals surface area (Å²) in [5.74, 6) is 0.736. The third-order valence-corrected chi connectivity index (χ3v) is 5.70. The normalized spacial score (nSPS) is 12.2. The van der Waals surface area contributed by atoms with E-state index in [0.717, 1.165) is 28.0 Å². The second kappa shape index (κ2) is 8.19. The highest BCUT2D eigenvalue weighted by atomic mass is 32.1. The third-order valence-electron chi connectivity index (χ3n) is 4.81. The molecule has 0 saturated carbocycles. The van der Waals surface area contributed by atoms with Crippen LogP contribution in [0.25, 0.3) is 21.3 Å². The van der Waals surface area contributed by atoms with Crippen LogP contribution >= 0.6 is 11.3 Å². The number of ether oxygens (including phenoxy) is 1. The molecular formula is C23H22N2O3S. The number of aliphatic hydroxyl groups is 1. The van der Waals surface area contributed by atoms with Crippen LogP contribution in [0.4, 0.5) is 0 Å². The van der Waals surface area contributed by atoms with Crippen LogP contribution in [-0.4, -0.2) is 27.4 Å². The number of aromatic nitrogens is 2. The minimum absolute atomic E-state index is 0.101. The van der Waals surface area contributed by atoms with Gasteiger partial charge in [-0.05, 0) is 31.0 Å². The predicted molar refractivity (Wildman–Crippen MR) is 117 cm³/mol. The SMILES string of the molecule is Cc1ccc(OC[C@@H](O)Cn2cnc3scc(-c4ccccc4)c3c2=O)c(C)c1. The molecule has 148 valence electrons. The van der Waals surface area contributed by atoms with E-state index in [1.165, 1.54) is 22.2 Å². The second-order valence-corrected chi connectivity index (χ2v) is 7.99. The fraction of sp³-hybridized carbons (Fsp3) is 0.217. The van der Waals surface area contributed by atoms with Crippen molar-refractivity contribution in [3.8, 4) is 16.9 Å². The highest BCUT2D eigenvalue weighted by molar-refractivity contribution is 7.17. The molecule has 2 aromatic heterocycles. The first-order chi connectivity index (χ1) is 14.0. The van der Waals surface area contributed by atoms with Gasteiger partial charge in [0.05, 0.1) is 18.3 Å². The zero-order valence-corrected chi connectivity index (χ0v) is 17.1. The molecular weight excluding hydrogens is 384 g/mol. The van der Waals surface area contributed by atoms with Crippen LogP contribution in [0.2, 0.25) is 0 Å². The Kier molecular flexibility index (Phi) is 5.47. The van der Waals surface area contributed by atoms with Crippen LogP contribution in [0.15, 0.2) is 65.0 Å². The lowest BCUT2D eigenvalue weighted by atomic mass is 10.1. The van der Waals surface area contributed by atoms with Crippen LogP contribution < -0.4 is 10.3 Å². The topological polar surface area (TPSA) is 64.3 Å². The number of benzene rings is 2. The summed E-state index contributed by atoms with van der Waals surface area (Å²) < 4.78 is 7.20. The number of aliphatic hydroxyl groups excluding tert-OH is 1. The first kappa shape index (κ1) is 19.4. The molecule has 4 rings (SSSR count). The Morgan fingerprint density at radius 3 is 2.72 bits per heavy atom. The average Bonchev–Trinajstić information content (AvgIpc) is 3.15. The van der Waals surface area contributed by atoms with Gasteiger partial charge in [0.1, 0.15) is 23.3 Å². The van der Waals surface area contributed by atoms with Gasteiger partial charge < -0.3 is 9.84 Å². The van der Waals surface area contributed by atoms with Crippen molar-refractivity contribution in [2.24, 2.45) is 0 Å². The van der Waals surface area contributed by atoms with Crippen molar-refractivity contribution in [3.05, 3.63) is 81.7 Å². The molecule has 2 aromatic carbocycles. The van der Waals surface area contributed by atoms with E-state index in [1.54, 1.807) is 0 Å². The van der Waals surface area contributed by atoms with E-state index in [1.807, 2.05) is 67.8 Å². The van der Waals surface area contributed by atoms with Crippen LogP contribution in [0.5, 0.6) is 5.75 Å². The molecule has 2 heterocycles. The third kappa shape index (κ3) is 4.09. The van der Waals surface area contributed by atoms with Crippen molar-refractivity contribution < 1.29 is 9.84 Å². The number of nitrogens with zero attached hydrogens (tertiary/aromatic N) is 2. The molecule has 0 spiro atoms. The molecule has 0 fully saturated rings. The van der Waals surface area contributed by atoms with Gasteiger partial charge in [-0.1, -0.05) is 48.0 Å². The summed E-state index contributed by atoms with van der Waals surface area (Å²) >= 11 is 1.45. The Hall–Kier alpha value is -2.96. The zero-order chi connectivity index (χ0) is 20.4. The maximum absolute atomic E-state index is 13.1. The summed E-state index contributed by atoms with van der Waals surface area (Å²) in [4.78, 5) is 18.2. The molecule has 1 atom stereocenters. The summed E-state index contributed by atoms with van der Waals surface area (Å²) in [6.07, 6.45) is 0.669. The van der Waals surface area contributed by atoms with Gasteiger partial charge in [-0.2, -0.15) is 0 Å². The molecule has 6 heteroatoms. The van der Waals surface area contributed by atoms with E-state index in [2.05, 4.69) is 4.98 Å². The first-order valence-electron chi connectivity index (χ1n) is 9.43. The van der Waals surface area contributed by atoms with Gasteiger partial charge in [-0.15, -0.1) is 11.3 Å². The number of thiophene rings is 1. The highest BCUT2D eigenvalue weighted by Crippen LogP contribution is 2.30. The quantitative estimate of drug-likeness (QED) is 0.522. The van der Waals surface area contributed by atoms with Gasteiger partial charge in [0.2, 0.25) is 0 Å². The van der Waals surface area contributed by atoms with Gasteiger partial charge in [-0.25, -0.2) is 4.98 Å². The van der Waals surface area contributed by atoms with Crippen molar-refractivity contribution in [1.29, 1.82) is 0 Å².